The fourth-order valence-electron chi connectivity index (χ4n) is 0.963. The molecule has 0 aliphatic carbocycles. The molecule has 14 heavy (non-hydrogen) atoms. The van der Waals surface area contributed by atoms with Crippen molar-refractivity contribution in [3.8, 4) is 5.75 Å². The van der Waals surface area contributed by atoms with Gasteiger partial charge in [-0.25, -0.2) is 0 Å². The standard InChI is InChI=1S/C11H16O3/c1-8-4-6-9(7-5-8)14-11(2,3)10(12)13/h4-7,10,12-13H,1-3H3. The molecule has 0 saturated carbocycles. The largest absolute Gasteiger partial charge is 0.483 e. The van der Waals surface area contributed by atoms with Crippen molar-refractivity contribution in [1.29, 1.82) is 0 Å². The molecular formula is C11H16O3. The molecule has 0 unspecified atom stereocenters. The Bertz CT molecular complexity index is 288. The molecule has 0 bridgehead atoms. The summed E-state index contributed by atoms with van der Waals surface area (Å²) in [6, 6.07) is 7.43. The van der Waals surface area contributed by atoms with Crippen molar-refractivity contribution in [2.75, 3.05) is 0 Å². The van der Waals surface area contributed by atoms with Crippen LogP contribution in [-0.4, -0.2) is 22.1 Å². The van der Waals surface area contributed by atoms with Gasteiger partial charge in [-0.15, -0.1) is 0 Å². The highest BCUT2D eigenvalue weighted by molar-refractivity contribution is 5.26. The first-order chi connectivity index (χ1) is 6.42. The molecule has 78 valence electrons. The summed E-state index contributed by atoms with van der Waals surface area (Å²) in [7, 11) is 0. The zero-order valence-corrected chi connectivity index (χ0v) is 8.69. The molecule has 0 heterocycles. The maximum Gasteiger partial charge on any atom is 0.192 e. The first-order valence-corrected chi connectivity index (χ1v) is 4.53. The van der Waals surface area contributed by atoms with E-state index in [1.165, 1.54) is 0 Å². The Hall–Kier alpha value is -1.06. The second-order valence-electron chi connectivity index (χ2n) is 3.89. The minimum atomic E-state index is -1.50. The van der Waals surface area contributed by atoms with Crippen LogP contribution in [0, 0.1) is 6.92 Å². The van der Waals surface area contributed by atoms with E-state index in [1.807, 2.05) is 19.1 Å². The summed E-state index contributed by atoms with van der Waals surface area (Å²) in [5.41, 5.74) is 0.148. The van der Waals surface area contributed by atoms with Crippen molar-refractivity contribution in [3.63, 3.8) is 0 Å². The summed E-state index contributed by atoms with van der Waals surface area (Å²) in [4.78, 5) is 0. The van der Waals surface area contributed by atoms with Crippen molar-refractivity contribution >= 4 is 0 Å². The number of aryl methyl sites for hydroxylation is 1. The van der Waals surface area contributed by atoms with E-state index < -0.39 is 11.9 Å². The van der Waals surface area contributed by atoms with E-state index in [2.05, 4.69) is 0 Å². The smallest absolute Gasteiger partial charge is 0.192 e. The van der Waals surface area contributed by atoms with E-state index >= 15 is 0 Å². The van der Waals surface area contributed by atoms with Gasteiger partial charge in [0.05, 0.1) is 0 Å². The van der Waals surface area contributed by atoms with E-state index in [4.69, 9.17) is 14.9 Å². The summed E-state index contributed by atoms with van der Waals surface area (Å²) < 4.78 is 5.42. The SMILES string of the molecule is Cc1ccc(OC(C)(C)C(O)O)cc1. The highest BCUT2D eigenvalue weighted by Gasteiger charge is 2.28. The van der Waals surface area contributed by atoms with Gasteiger partial charge in [0.1, 0.15) is 5.75 Å². The second-order valence-corrected chi connectivity index (χ2v) is 3.89. The molecule has 1 rings (SSSR count). The average molecular weight is 196 g/mol. The van der Waals surface area contributed by atoms with Gasteiger partial charge in [0.2, 0.25) is 0 Å². The molecule has 3 heteroatoms. The number of hydrogen-bond donors (Lipinski definition) is 2. The predicted octanol–water partition coefficient (Wildman–Crippen LogP) is 1.46. The third kappa shape index (κ3) is 2.72. The molecule has 0 fully saturated rings. The van der Waals surface area contributed by atoms with Gasteiger partial charge in [-0.2, -0.15) is 0 Å². The Morgan fingerprint density at radius 1 is 1.14 bits per heavy atom. The maximum absolute atomic E-state index is 9.03. The van der Waals surface area contributed by atoms with E-state index in [-0.39, 0.29) is 0 Å². The Kier molecular flexibility index (Phi) is 3.13. The average Bonchev–Trinajstić information content (AvgIpc) is 2.08. The van der Waals surface area contributed by atoms with Gasteiger partial charge >= 0.3 is 0 Å². The monoisotopic (exact) mass is 196 g/mol. The lowest BCUT2D eigenvalue weighted by Gasteiger charge is -2.28. The summed E-state index contributed by atoms with van der Waals surface area (Å²) in [5, 5.41) is 18.1. The quantitative estimate of drug-likeness (QED) is 0.720. The molecule has 0 spiro atoms. The maximum atomic E-state index is 9.03. The first-order valence-electron chi connectivity index (χ1n) is 4.53. The molecule has 0 aromatic heterocycles. The van der Waals surface area contributed by atoms with Crippen LogP contribution in [0.2, 0.25) is 0 Å². The molecular weight excluding hydrogens is 180 g/mol. The number of aliphatic hydroxyl groups is 2. The molecule has 1 aromatic rings. The molecule has 0 radical (unpaired) electrons. The number of benzene rings is 1. The summed E-state index contributed by atoms with van der Waals surface area (Å²) in [5.74, 6) is 0.633. The van der Waals surface area contributed by atoms with Crippen LogP contribution in [0.15, 0.2) is 24.3 Å². The van der Waals surface area contributed by atoms with Gasteiger partial charge in [0.15, 0.2) is 11.9 Å². The number of ether oxygens (including phenoxy) is 1. The van der Waals surface area contributed by atoms with Crippen LogP contribution < -0.4 is 4.74 Å². The molecule has 0 aliphatic rings. The lowest BCUT2D eigenvalue weighted by atomic mass is 10.1. The normalized spacial score (nSPS) is 11.9. The summed E-state index contributed by atoms with van der Waals surface area (Å²) in [6.45, 7) is 5.23. The first kappa shape index (κ1) is 11.0. The van der Waals surface area contributed by atoms with Crippen molar-refractivity contribution in [1.82, 2.24) is 0 Å². The fourth-order valence-corrected chi connectivity index (χ4v) is 0.963. The lowest BCUT2D eigenvalue weighted by Crippen LogP contribution is -2.41. The van der Waals surface area contributed by atoms with Crippen LogP contribution in [0.25, 0.3) is 0 Å². The van der Waals surface area contributed by atoms with Crippen LogP contribution in [0.1, 0.15) is 19.4 Å². The third-order valence-corrected chi connectivity index (χ3v) is 2.02. The fraction of sp³-hybridized carbons (Fsp3) is 0.455. The van der Waals surface area contributed by atoms with Crippen LogP contribution in [-0.2, 0) is 0 Å². The topological polar surface area (TPSA) is 49.7 Å². The van der Waals surface area contributed by atoms with Crippen LogP contribution in [0.5, 0.6) is 5.75 Å². The van der Waals surface area contributed by atoms with Gasteiger partial charge < -0.3 is 14.9 Å². The molecule has 0 atom stereocenters. The van der Waals surface area contributed by atoms with Crippen molar-refractivity contribution in [3.05, 3.63) is 29.8 Å². The zero-order valence-electron chi connectivity index (χ0n) is 8.69. The minimum Gasteiger partial charge on any atom is -0.483 e. The van der Waals surface area contributed by atoms with Crippen LogP contribution in [0.4, 0.5) is 0 Å². The molecule has 3 nitrogen and oxygen atoms in total. The highest BCUT2D eigenvalue weighted by atomic mass is 16.6. The van der Waals surface area contributed by atoms with E-state index in [0.717, 1.165) is 5.56 Å². The van der Waals surface area contributed by atoms with E-state index in [9.17, 15) is 0 Å². The van der Waals surface area contributed by atoms with E-state index in [1.54, 1.807) is 26.0 Å². The summed E-state index contributed by atoms with van der Waals surface area (Å²) in [6.07, 6.45) is -1.50. The number of rotatable bonds is 3. The van der Waals surface area contributed by atoms with Crippen molar-refractivity contribution in [2.24, 2.45) is 0 Å². The minimum absolute atomic E-state index is 0.633. The van der Waals surface area contributed by atoms with Crippen LogP contribution >= 0.6 is 0 Å². The van der Waals surface area contributed by atoms with Gasteiger partial charge in [0, 0.05) is 0 Å². The van der Waals surface area contributed by atoms with Crippen molar-refractivity contribution in [2.45, 2.75) is 32.7 Å². The molecule has 0 amide bonds. The van der Waals surface area contributed by atoms with Gasteiger partial charge in [0.25, 0.3) is 0 Å². The molecule has 1 aromatic carbocycles. The Labute approximate surface area is 84.0 Å². The van der Waals surface area contributed by atoms with E-state index in [0.29, 0.717) is 5.75 Å². The zero-order chi connectivity index (χ0) is 10.8. The second kappa shape index (κ2) is 3.98. The molecule has 2 N–H and O–H groups in total. The summed E-state index contributed by atoms with van der Waals surface area (Å²) >= 11 is 0. The Morgan fingerprint density at radius 3 is 2.07 bits per heavy atom. The lowest BCUT2D eigenvalue weighted by molar-refractivity contribution is -0.154. The van der Waals surface area contributed by atoms with Gasteiger partial charge in [-0.05, 0) is 32.9 Å². The third-order valence-electron chi connectivity index (χ3n) is 2.02. The molecule has 0 saturated heterocycles. The Morgan fingerprint density at radius 2 is 1.64 bits per heavy atom. The van der Waals surface area contributed by atoms with Crippen molar-refractivity contribution < 1.29 is 14.9 Å². The predicted molar refractivity (Wildman–Crippen MR) is 54.1 cm³/mol. The number of hydrogen-bond acceptors (Lipinski definition) is 3. The van der Waals surface area contributed by atoms with Gasteiger partial charge in [-0.1, -0.05) is 17.7 Å². The highest BCUT2D eigenvalue weighted by Crippen LogP contribution is 2.20. The Balaban J connectivity index is 2.74. The van der Waals surface area contributed by atoms with Crippen LogP contribution in [0.3, 0.4) is 0 Å². The number of aliphatic hydroxyl groups excluding tert-OH is 1. The molecule has 0 aliphatic heterocycles. The van der Waals surface area contributed by atoms with Gasteiger partial charge in [-0.3, -0.25) is 0 Å².